The van der Waals surface area contributed by atoms with Crippen LogP contribution in [-0.4, -0.2) is 38.1 Å². The molecule has 1 heterocycles. The highest BCUT2D eigenvalue weighted by Gasteiger charge is 2.11. The quantitative estimate of drug-likeness (QED) is 0.838. The van der Waals surface area contributed by atoms with Crippen LogP contribution in [-0.2, 0) is 17.8 Å². The molecule has 0 spiro atoms. The first-order chi connectivity index (χ1) is 8.16. The van der Waals surface area contributed by atoms with Crippen LogP contribution in [0.1, 0.15) is 11.1 Å². The lowest BCUT2D eigenvalue weighted by Gasteiger charge is -2.11. The number of likely N-dealkylation sites (N-methyl/N-ethyl adjacent to an activating group) is 1. The summed E-state index contributed by atoms with van der Waals surface area (Å²) in [7, 11) is 3.52. The number of rotatable bonds is 4. The van der Waals surface area contributed by atoms with Crippen LogP contribution in [0.5, 0.6) is 5.75 Å². The maximum Gasteiger partial charge on any atom is 0.236 e. The lowest BCUT2D eigenvalue weighted by Crippen LogP contribution is -2.32. The summed E-state index contributed by atoms with van der Waals surface area (Å²) >= 11 is 0. The molecule has 1 amide bonds. The molecular formula is C13H18N2O2. The molecule has 0 aliphatic carbocycles. The summed E-state index contributed by atoms with van der Waals surface area (Å²) in [5.41, 5.74) is 2.46. The van der Waals surface area contributed by atoms with Gasteiger partial charge in [0.1, 0.15) is 5.75 Å². The van der Waals surface area contributed by atoms with Crippen molar-refractivity contribution < 1.29 is 9.53 Å². The van der Waals surface area contributed by atoms with E-state index in [0.29, 0.717) is 13.1 Å². The highest BCUT2D eigenvalue weighted by Crippen LogP contribution is 2.25. The summed E-state index contributed by atoms with van der Waals surface area (Å²) < 4.78 is 5.45. The third-order valence-corrected chi connectivity index (χ3v) is 2.86. The fourth-order valence-electron chi connectivity index (χ4n) is 1.82. The molecule has 0 aromatic heterocycles. The van der Waals surface area contributed by atoms with E-state index in [1.807, 2.05) is 12.1 Å². The summed E-state index contributed by atoms with van der Waals surface area (Å²) in [6.07, 6.45) is 0.986. The normalized spacial score (nSPS) is 13.1. The molecule has 0 saturated carbocycles. The van der Waals surface area contributed by atoms with E-state index in [4.69, 9.17) is 4.74 Å². The number of amides is 1. The fourth-order valence-corrected chi connectivity index (χ4v) is 1.82. The van der Waals surface area contributed by atoms with Gasteiger partial charge in [0.15, 0.2) is 0 Å². The second-order valence-electron chi connectivity index (χ2n) is 4.43. The summed E-state index contributed by atoms with van der Waals surface area (Å²) in [5, 5.41) is 3.14. The Labute approximate surface area is 102 Å². The number of nitrogens with one attached hydrogen (secondary N) is 1. The standard InChI is InChI=1S/C13H18N2O2/c1-15(2)13(16)9-14-8-10-3-4-12-11(7-10)5-6-17-12/h3-4,7,14H,5-6,8-9H2,1-2H3. The zero-order valence-corrected chi connectivity index (χ0v) is 10.3. The van der Waals surface area contributed by atoms with E-state index in [9.17, 15) is 4.79 Å². The molecule has 4 nitrogen and oxygen atoms in total. The predicted octanol–water partition coefficient (Wildman–Crippen LogP) is 0.799. The number of ether oxygens (including phenoxy) is 1. The monoisotopic (exact) mass is 234 g/mol. The topological polar surface area (TPSA) is 41.6 Å². The minimum Gasteiger partial charge on any atom is -0.493 e. The minimum absolute atomic E-state index is 0.0921. The lowest BCUT2D eigenvalue weighted by molar-refractivity contribution is -0.127. The van der Waals surface area contributed by atoms with Gasteiger partial charge in [0, 0.05) is 27.1 Å². The van der Waals surface area contributed by atoms with Crippen molar-refractivity contribution in [2.24, 2.45) is 0 Å². The van der Waals surface area contributed by atoms with Gasteiger partial charge in [-0.15, -0.1) is 0 Å². The van der Waals surface area contributed by atoms with Crippen LogP contribution in [0.25, 0.3) is 0 Å². The Morgan fingerprint density at radius 2 is 2.29 bits per heavy atom. The summed E-state index contributed by atoms with van der Waals surface area (Å²) in [5.74, 6) is 1.09. The predicted molar refractivity (Wildman–Crippen MR) is 66.0 cm³/mol. The van der Waals surface area contributed by atoms with Crippen LogP contribution in [0.4, 0.5) is 0 Å². The Balaban J connectivity index is 1.85. The molecular weight excluding hydrogens is 216 g/mol. The van der Waals surface area contributed by atoms with Gasteiger partial charge in [-0.3, -0.25) is 4.79 Å². The molecule has 0 radical (unpaired) electrons. The Morgan fingerprint density at radius 1 is 1.47 bits per heavy atom. The first kappa shape index (κ1) is 11.9. The molecule has 17 heavy (non-hydrogen) atoms. The second-order valence-corrected chi connectivity index (χ2v) is 4.43. The largest absolute Gasteiger partial charge is 0.493 e. The van der Waals surface area contributed by atoms with Gasteiger partial charge in [-0.05, 0) is 17.2 Å². The van der Waals surface area contributed by atoms with Crippen LogP contribution >= 0.6 is 0 Å². The smallest absolute Gasteiger partial charge is 0.236 e. The lowest BCUT2D eigenvalue weighted by atomic mass is 10.1. The molecule has 0 saturated heterocycles. The maximum absolute atomic E-state index is 11.4. The highest BCUT2D eigenvalue weighted by atomic mass is 16.5. The highest BCUT2D eigenvalue weighted by molar-refractivity contribution is 5.77. The van der Waals surface area contributed by atoms with Crippen molar-refractivity contribution in [1.29, 1.82) is 0 Å². The van der Waals surface area contributed by atoms with E-state index < -0.39 is 0 Å². The van der Waals surface area contributed by atoms with Gasteiger partial charge in [0.05, 0.1) is 13.2 Å². The summed E-state index contributed by atoms with van der Waals surface area (Å²) in [6, 6.07) is 6.19. The average molecular weight is 234 g/mol. The molecule has 1 aromatic rings. The molecule has 1 N–H and O–H groups in total. The molecule has 1 aromatic carbocycles. The van der Waals surface area contributed by atoms with E-state index in [-0.39, 0.29) is 5.91 Å². The van der Waals surface area contributed by atoms with Gasteiger partial charge < -0.3 is 15.0 Å². The first-order valence-electron chi connectivity index (χ1n) is 5.82. The zero-order valence-electron chi connectivity index (χ0n) is 10.3. The van der Waals surface area contributed by atoms with Crippen LogP contribution < -0.4 is 10.1 Å². The van der Waals surface area contributed by atoms with E-state index in [2.05, 4.69) is 11.4 Å². The number of hydrogen-bond donors (Lipinski definition) is 1. The average Bonchev–Trinajstić information content (AvgIpc) is 2.75. The Hall–Kier alpha value is -1.55. The van der Waals surface area contributed by atoms with Crippen molar-refractivity contribution in [3.63, 3.8) is 0 Å². The van der Waals surface area contributed by atoms with Gasteiger partial charge in [-0.25, -0.2) is 0 Å². The number of fused-ring (bicyclic) bond motifs is 1. The van der Waals surface area contributed by atoms with Gasteiger partial charge in [0.25, 0.3) is 0 Å². The Kier molecular flexibility index (Phi) is 3.64. The molecule has 1 aliphatic rings. The van der Waals surface area contributed by atoms with Crippen molar-refractivity contribution in [1.82, 2.24) is 10.2 Å². The zero-order chi connectivity index (χ0) is 12.3. The van der Waals surface area contributed by atoms with Crippen molar-refractivity contribution in [2.75, 3.05) is 27.2 Å². The third kappa shape index (κ3) is 2.97. The van der Waals surface area contributed by atoms with E-state index in [1.54, 1.807) is 19.0 Å². The van der Waals surface area contributed by atoms with E-state index in [1.165, 1.54) is 11.1 Å². The maximum atomic E-state index is 11.4. The third-order valence-electron chi connectivity index (χ3n) is 2.86. The van der Waals surface area contributed by atoms with Crippen LogP contribution in [0.2, 0.25) is 0 Å². The number of benzene rings is 1. The number of carbonyl (C=O) groups excluding carboxylic acids is 1. The van der Waals surface area contributed by atoms with Gasteiger partial charge in [-0.1, -0.05) is 12.1 Å². The minimum atomic E-state index is 0.0921. The number of carbonyl (C=O) groups is 1. The number of hydrogen-bond acceptors (Lipinski definition) is 3. The Bertz CT molecular complexity index is 416. The Morgan fingerprint density at radius 3 is 3.06 bits per heavy atom. The SMILES string of the molecule is CN(C)C(=O)CNCc1ccc2c(c1)CCO2. The van der Waals surface area contributed by atoms with Crippen molar-refractivity contribution in [3.05, 3.63) is 29.3 Å². The molecule has 0 atom stereocenters. The van der Waals surface area contributed by atoms with E-state index >= 15 is 0 Å². The summed E-state index contributed by atoms with van der Waals surface area (Å²) in [4.78, 5) is 13.0. The molecule has 0 fully saturated rings. The molecule has 2 rings (SSSR count). The van der Waals surface area contributed by atoms with Crippen LogP contribution in [0, 0.1) is 0 Å². The van der Waals surface area contributed by atoms with Crippen LogP contribution in [0.15, 0.2) is 18.2 Å². The molecule has 0 bridgehead atoms. The van der Waals surface area contributed by atoms with Crippen LogP contribution in [0.3, 0.4) is 0 Å². The first-order valence-corrected chi connectivity index (χ1v) is 5.82. The molecule has 4 heteroatoms. The second kappa shape index (κ2) is 5.19. The van der Waals surface area contributed by atoms with E-state index in [0.717, 1.165) is 18.8 Å². The van der Waals surface area contributed by atoms with Crippen molar-refractivity contribution >= 4 is 5.91 Å². The number of nitrogens with zero attached hydrogens (tertiary/aromatic N) is 1. The fraction of sp³-hybridized carbons (Fsp3) is 0.462. The van der Waals surface area contributed by atoms with Gasteiger partial charge >= 0.3 is 0 Å². The van der Waals surface area contributed by atoms with Crippen molar-refractivity contribution in [2.45, 2.75) is 13.0 Å². The van der Waals surface area contributed by atoms with Crippen molar-refractivity contribution in [3.8, 4) is 5.75 Å². The summed E-state index contributed by atoms with van der Waals surface area (Å²) in [6.45, 7) is 1.87. The molecule has 92 valence electrons. The molecule has 1 aliphatic heterocycles. The van der Waals surface area contributed by atoms with Gasteiger partial charge in [-0.2, -0.15) is 0 Å². The molecule has 0 unspecified atom stereocenters. The van der Waals surface area contributed by atoms with Gasteiger partial charge in [0.2, 0.25) is 5.91 Å².